The van der Waals surface area contributed by atoms with Crippen LogP contribution in [-0.4, -0.2) is 19.7 Å². The van der Waals surface area contributed by atoms with Crippen molar-refractivity contribution in [2.75, 3.05) is 16.3 Å². The average Bonchev–Trinajstić information content (AvgIpc) is 2.83. The Balaban J connectivity index is 1.75. The van der Waals surface area contributed by atoms with Gasteiger partial charge >= 0.3 is 0 Å². The number of anilines is 2. The molecule has 2 N–H and O–H groups in total. The van der Waals surface area contributed by atoms with E-state index in [1.165, 1.54) is 0 Å². The molecule has 3 aromatic carbocycles. The highest BCUT2D eigenvalue weighted by molar-refractivity contribution is 7.92. The van der Waals surface area contributed by atoms with Crippen LogP contribution in [0.3, 0.4) is 0 Å². The molecule has 1 heterocycles. The number of nitrogens with zero attached hydrogens (tertiary/aromatic N) is 1. The van der Waals surface area contributed by atoms with Crippen molar-refractivity contribution in [3.8, 4) is 0 Å². The van der Waals surface area contributed by atoms with Crippen LogP contribution in [0.2, 0.25) is 5.02 Å². The number of hydrogen-bond donors (Lipinski definition) is 2. The molecule has 4 aromatic rings. The van der Waals surface area contributed by atoms with E-state index in [0.29, 0.717) is 44.6 Å². The molecule has 0 saturated heterocycles. The van der Waals surface area contributed by atoms with Crippen LogP contribution in [0.25, 0.3) is 21.7 Å². The maximum Gasteiger partial charge on any atom is 0.229 e. The van der Waals surface area contributed by atoms with Gasteiger partial charge in [0.05, 0.1) is 29.0 Å². The first-order chi connectivity index (χ1) is 14.3. The van der Waals surface area contributed by atoms with Gasteiger partial charge < -0.3 is 5.32 Å². The van der Waals surface area contributed by atoms with Crippen molar-refractivity contribution in [1.29, 1.82) is 0 Å². The van der Waals surface area contributed by atoms with Gasteiger partial charge in [-0.05, 0) is 47.3 Å². The number of fused-ring (bicyclic) bond motifs is 2. The lowest BCUT2D eigenvalue weighted by Crippen LogP contribution is -2.10. The molecule has 0 unspecified atom stereocenters. The van der Waals surface area contributed by atoms with E-state index < -0.39 is 10.0 Å². The standard InChI is InChI=1S/C22H18ClN3O3S/c1-30(28,29)26-17-8-4-15-5-9-21-20(22(27)19(15)10-17)11-18(13-25-21)24-12-14-2-6-16(23)7-3-14/h2-11,13,24,26H,12H2,1H3. The molecule has 1 aromatic heterocycles. The zero-order valence-electron chi connectivity index (χ0n) is 16.0. The van der Waals surface area contributed by atoms with Gasteiger partial charge in [-0.15, -0.1) is 0 Å². The summed E-state index contributed by atoms with van der Waals surface area (Å²) in [6, 6.07) is 17.7. The molecule has 0 atom stereocenters. The van der Waals surface area contributed by atoms with Crippen molar-refractivity contribution in [3.05, 3.63) is 87.7 Å². The molecule has 0 aliphatic rings. The number of hydrogen-bond acceptors (Lipinski definition) is 5. The van der Waals surface area contributed by atoms with Gasteiger partial charge in [0.25, 0.3) is 0 Å². The van der Waals surface area contributed by atoms with E-state index in [1.807, 2.05) is 24.3 Å². The Morgan fingerprint density at radius 2 is 1.63 bits per heavy atom. The number of rotatable bonds is 5. The van der Waals surface area contributed by atoms with Crippen molar-refractivity contribution in [1.82, 2.24) is 4.98 Å². The Kier molecular flexibility index (Phi) is 5.32. The lowest BCUT2D eigenvalue weighted by Gasteiger charge is -2.07. The van der Waals surface area contributed by atoms with E-state index in [9.17, 15) is 13.2 Å². The number of benzene rings is 2. The van der Waals surface area contributed by atoms with Gasteiger partial charge in [0.15, 0.2) is 5.43 Å². The van der Waals surface area contributed by atoms with Crippen LogP contribution in [0.4, 0.5) is 11.4 Å². The molecule has 0 amide bonds. The molecule has 8 heteroatoms. The highest BCUT2D eigenvalue weighted by Gasteiger charge is 2.08. The van der Waals surface area contributed by atoms with Crippen LogP contribution in [0.5, 0.6) is 0 Å². The molecule has 4 rings (SSSR count). The van der Waals surface area contributed by atoms with Crippen molar-refractivity contribution in [3.63, 3.8) is 0 Å². The van der Waals surface area contributed by atoms with E-state index in [2.05, 4.69) is 15.0 Å². The minimum absolute atomic E-state index is 0.218. The highest BCUT2D eigenvalue weighted by Crippen LogP contribution is 2.21. The fourth-order valence-corrected chi connectivity index (χ4v) is 3.86. The summed E-state index contributed by atoms with van der Waals surface area (Å²) >= 11 is 5.92. The molecule has 0 spiro atoms. The summed E-state index contributed by atoms with van der Waals surface area (Å²) < 4.78 is 25.5. The van der Waals surface area contributed by atoms with Gasteiger partial charge in [0, 0.05) is 22.6 Å². The van der Waals surface area contributed by atoms with E-state index in [1.54, 1.807) is 42.6 Å². The van der Waals surface area contributed by atoms with E-state index in [4.69, 9.17) is 11.6 Å². The molecule has 6 nitrogen and oxygen atoms in total. The first kappa shape index (κ1) is 20.1. The highest BCUT2D eigenvalue weighted by atomic mass is 35.5. The topological polar surface area (TPSA) is 88.2 Å². The van der Waals surface area contributed by atoms with Crippen molar-refractivity contribution in [2.45, 2.75) is 6.54 Å². The smallest absolute Gasteiger partial charge is 0.229 e. The molecule has 152 valence electrons. The van der Waals surface area contributed by atoms with Crippen LogP contribution in [0.15, 0.2) is 71.7 Å². The largest absolute Gasteiger partial charge is 0.380 e. The van der Waals surface area contributed by atoms with Crippen molar-refractivity contribution in [2.24, 2.45) is 0 Å². The minimum atomic E-state index is -3.44. The van der Waals surface area contributed by atoms with Crippen LogP contribution in [-0.2, 0) is 16.6 Å². The van der Waals surface area contributed by atoms with Gasteiger partial charge in [0.1, 0.15) is 0 Å². The van der Waals surface area contributed by atoms with Gasteiger partial charge in [-0.2, -0.15) is 0 Å². The van der Waals surface area contributed by atoms with Crippen molar-refractivity contribution < 1.29 is 8.42 Å². The lowest BCUT2D eigenvalue weighted by molar-refractivity contribution is 0.607. The summed E-state index contributed by atoms with van der Waals surface area (Å²) in [5.74, 6) is 0. The minimum Gasteiger partial charge on any atom is -0.380 e. The van der Waals surface area contributed by atoms with Gasteiger partial charge in [-0.1, -0.05) is 35.9 Å². The first-order valence-corrected chi connectivity index (χ1v) is 11.4. The molecule has 0 aliphatic carbocycles. The second-order valence-electron chi connectivity index (χ2n) is 6.98. The average molecular weight is 440 g/mol. The Bertz CT molecular complexity index is 1420. The van der Waals surface area contributed by atoms with Crippen LogP contribution >= 0.6 is 11.6 Å². The van der Waals surface area contributed by atoms with Crippen LogP contribution in [0.1, 0.15) is 5.56 Å². The molecule has 0 saturated carbocycles. The SMILES string of the molecule is CS(=O)(=O)Nc1ccc2ccc3ncc(NCc4ccc(Cl)cc4)cc3c(=O)c2c1. The number of nitrogens with one attached hydrogen (secondary N) is 2. The number of sulfonamides is 1. The Hall–Kier alpha value is -3.16. The molecular weight excluding hydrogens is 422 g/mol. The molecule has 0 fully saturated rings. The third-order valence-corrected chi connectivity index (χ3v) is 5.45. The first-order valence-electron chi connectivity index (χ1n) is 9.11. The van der Waals surface area contributed by atoms with E-state index >= 15 is 0 Å². The Labute approximate surface area is 178 Å². The fraction of sp³-hybridized carbons (Fsp3) is 0.0909. The molecule has 0 aliphatic heterocycles. The van der Waals surface area contributed by atoms with Crippen LogP contribution < -0.4 is 15.5 Å². The fourth-order valence-electron chi connectivity index (χ4n) is 3.18. The number of halogens is 1. The summed E-state index contributed by atoms with van der Waals surface area (Å²) in [6.45, 7) is 0.556. The maximum atomic E-state index is 13.2. The van der Waals surface area contributed by atoms with Gasteiger partial charge in [-0.25, -0.2) is 8.42 Å². The zero-order valence-corrected chi connectivity index (χ0v) is 17.6. The summed E-state index contributed by atoms with van der Waals surface area (Å²) in [4.78, 5) is 17.6. The summed E-state index contributed by atoms with van der Waals surface area (Å²) in [7, 11) is -3.44. The third kappa shape index (κ3) is 4.53. The van der Waals surface area contributed by atoms with Crippen LogP contribution in [0, 0.1) is 0 Å². The van der Waals surface area contributed by atoms with Gasteiger partial charge in [0.2, 0.25) is 10.0 Å². The van der Waals surface area contributed by atoms with E-state index in [-0.39, 0.29) is 5.43 Å². The lowest BCUT2D eigenvalue weighted by atomic mass is 10.1. The van der Waals surface area contributed by atoms with E-state index in [0.717, 1.165) is 11.8 Å². The normalized spacial score (nSPS) is 11.5. The second-order valence-corrected chi connectivity index (χ2v) is 9.16. The van der Waals surface area contributed by atoms with Crippen molar-refractivity contribution >= 4 is 54.7 Å². The molecule has 30 heavy (non-hydrogen) atoms. The Morgan fingerprint density at radius 1 is 0.933 bits per heavy atom. The maximum absolute atomic E-state index is 13.2. The number of pyridine rings is 1. The molecule has 0 radical (unpaired) electrons. The Morgan fingerprint density at radius 3 is 2.37 bits per heavy atom. The molecular formula is C22H18ClN3O3S. The van der Waals surface area contributed by atoms with Gasteiger partial charge in [-0.3, -0.25) is 14.5 Å². The zero-order chi connectivity index (χ0) is 21.3. The summed E-state index contributed by atoms with van der Waals surface area (Å²) in [6.07, 6.45) is 2.75. The molecule has 0 bridgehead atoms. The third-order valence-electron chi connectivity index (χ3n) is 4.59. The summed E-state index contributed by atoms with van der Waals surface area (Å²) in [5.41, 5.74) is 2.43. The summed E-state index contributed by atoms with van der Waals surface area (Å²) in [5, 5.41) is 5.50. The predicted octanol–water partition coefficient (Wildman–Crippen LogP) is 4.39. The number of aromatic nitrogens is 1. The monoisotopic (exact) mass is 439 g/mol. The quantitative estimate of drug-likeness (QED) is 0.481. The predicted molar refractivity (Wildman–Crippen MR) is 123 cm³/mol. The second kappa shape index (κ2) is 7.93.